The standard InChI is InChI=1S/C22H34Cl2N2O4/c1-15-6-9-19(26(12-10-23)13-11-24)16(2)18(15)8-7-17(14-20(27)28)25-21(29)30-22(3,4)5/h6,9,17H,7-8,10-14H2,1-5H3,(H,25,29)(H,27,28)/t17-/m0/s1. The number of alkyl halides is 2. The average Bonchev–Trinajstić information content (AvgIpc) is 2.59. The Labute approximate surface area is 189 Å². The van der Waals surface area contributed by atoms with E-state index in [0.717, 1.165) is 22.4 Å². The number of rotatable bonds is 11. The van der Waals surface area contributed by atoms with Gasteiger partial charge in [0.15, 0.2) is 0 Å². The number of carbonyl (C=O) groups excluding carboxylic acids is 1. The molecular formula is C22H34Cl2N2O4. The highest BCUT2D eigenvalue weighted by atomic mass is 35.5. The van der Waals surface area contributed by atoms with Crippen molar-refractivity contribution in [3.05, 3.63) is 28.8 Å². The molecule has 0 unspecified atom stereocenters. The highest BCUT2D eigenvalue weighted by Crippen LogP contribution is 2.28. The highest BCUT2D eigenvalue weighted by molar-refractivity contribution is 6.18. The Morgan fingerprint density at radius 2 is 1.77 bits per heavy atom. The van der Waals surface area contributed by atoms with Gasteiger partial charge in [-0.2, -0.15) is 0 Å². The van der Waals surface area contributed by atoms with Crippen molar-refractivity contribution in [2.45, 2.75) is 65.5 Å². The average molecular weight is 461 g/mol. The molecule has 0 spiro atoms. The van der Waals surface area contributed by atoms with Crippen LogP contribution in [0.3, 0.4) is 0 Å². The molecule has 2 N–H and O–H groups in total. The fourth-order valence-corrected chi connectivity index (χ4v) is 3.80. The first-order chi connectivity index (χ1) is 14.0. The summed E-state index contributed by atoms with van der Waals surface area (Å²) in [6.07, 6.45) is 0.351. The summed E-state index contributed by atoms with van der Waals surface area (Å²) in [6.45, 7) is 10.8. The number of carboxylic acids is 1. The van der Waals surface area contributed by atoms with Gasteiger partial charge in [-0.1, -0.05) is 6.07 Å². The van der Waals surface area contributed by atoms with Gasteiger partial charge in [-0.3, -0.25) is 4.79 Å². The number of benzene rings is 1. The summed E-state index contributed by atoms with van der Waals surface area (Å²) in [7, 11) is 0. The van der Waals surface area contributed by atoms with Gasteiger partial charge >= 0.3 is 12.1 Å². The van der Waals surface area contributed by atoms with Crippen LogP contribution >= 0.6 is 23.2 Å². The van der Waals surface area contributed by atoms with Gasteiger partial charge in [0.25, 0.3) is 0 Å². The van der Waals surface area contributed by atoms with Gasteiger partial charge in [0.05, 0.1) is 6.42 Å². The van der Waals surface area contributed by atoms with Gasteiger partial charge in [-0.25, -0.2) is 4.79 Å². The van der Waals surface area contributed by atoms with Crippen LogP contribution < -0.4 is 10.2 Å². The van der Waals surface area contributed by atoms with E-state index in [0.29, 0.717) is 37.7 Å². The van der Waals surface area contributed by atoms with Crippen LogP contribution in [-0.4, -0.2) is 53.7 Å². The number of alkyl carbamates (subject to hydrolysis) is 1. The van der Waals surface area contributed by atoms with E-state index < -0.39 is 23.7 Å². The third kappa shape index (κ3) is 9.00. The van der Waals surface area contributed by atoms with Crippen LogP contribution in [-0.2, 0) is 16.0 Å². The topological polar surface area (TPSA) is 78.9 Å². The molecule has 1 atom stereocenters. The van der Waals surface area contributed by atoms with Gasteiger partial charge < -0.3 is 20.1 Å². The number of amides is 1. The third-order valence-corrected chi connectivity index (χ3v) is 5.08. The van der Waals surface area contributed by atoms with E-state index in [1.165, 1.54) is 0 Å². The summed E-state index contributed by atoms with van der Waals surface area (Å²) < 4.78 is 5.28. The Morgan fingerprint density at radius 3 is 2.27 bits per heavy atom. The van der Waals surface area contributed by atoms with Crippen molar-refractivity contribution < 1.29 is 19.4 Å². The predicted octanol–water partition coefficient (Wildman–Crippen LogP) is 4.89. The van der Waals surface area contributed by atoms with Crippen molar-refractivity contribution in [2.24, 2.45) is 0 Å². The molecule has 0 aliphatic rings. The lowest BCUT2D eigenvalue weighted by Crippen LogP contribution is -2.40. The van der Waals surface area contributed by atoms with E-state index in [-0.39, 0.29) is 6.42 Å². The summed E-state index contributed by atoms with van der Waals surface area (Å²) in [5.41, 5.74) is 3.82. The Kier molecular flexibility index (Phi) is 10.8. The molecule has 1 rings (SSSR count). The predicted molar refractivity (Wildman–Crippen MR) is 123 cm³/mol. The highest BCUT2D eigenvalue weighted by Gasteiger charge is 2.22. The minimum Gasteiger partial charge on any atom is -0.481 e. The summed E-state index contributed by atoms with van der Waals surface area (Å²) >= 11 is 11.9. The minimum absolute atomic E-state index is 0.165. The number of carbonyl (C=O) groups is 2. The Balaban J connectivity index is 3.00. The number of aliphatic carboxylic acids is 1. The van der Waals surface area contributed by atoms with Crippen molar-refractivity contribution in [1.82, 2.24) is 5.32 Å². The number of aryl methyl sites for hydroxylation is 1. The van der Waals surface area contributed by atoms with Gasteiger partial charge in [-0.05, 0) is 70.2 Å². The molecule has 0 radical (unpaired) electrons. The van der Waals surface area contributed by atoms with Crippen molar-refractivity contribution >= 4 is 41.0 Å². The Hall–Kier alpha value is -1.66. The zero-order chi connectivity index (χ0) is 22.9. The Bertz CT molecular complexity index is 714. The van der Waals surface area contributed by atoms with Crippen LogP contribution in [0.4, 0.5) is 10.5 Å². The van der Waals surface area contributed by atoms with Crippen molar-refractivity contribution in [3.8, 4) is 0 Å². The molecule has 0 fully saturated rings. The lowest BCUT2D eigenvalue weighted by atomic mass is 9.94. The first kappa shape index (κ1) is 26.4. The maximum Gasteiger partial charge on any atom is 0.407 e. The van der Waals surface area contributed by atoms with E-state index in [1.54, 1.807) is 20.8 Å². The van der Waals surface area contributed by atoms with Crippen molar-refractivity contribution in [1.29, 1.82) is 0 Å². The van der Waals surface area contributed by atoms with Crippen molar-refractivity contribution in [3.63, 3.8) is 0 Å². The molecule has 0 heterocycles. The molecule has 0 aliphatic heterocycles. The van der Waals surface area contributed by atoms with Crippen LogP contribution in [0.25, 0.3) is 0 Å². The molecule has 0 bridgehead atoms. The maximum absolute atomic E-state index is 12.1. The molecule has 0 saturated carbocycles. The summed E-state index contributed by atoms with van der Waals surface area (Å²) in [4.78, 5) is 25.6. The minimum atomic E-state index is -0.964. The van der Waals surface area contributed by atoms with E-state index in [4.69, 9.17) is 27.9 Å². The first-order valence-electron chi connectivity index (χ1n) is 10.2. The second-order valence-corrected chi connectivity index (χ2v) is 9.11. The normalized spacial score (nSPS) is 12.4. The molecular weight excluding hydrogens is 427 g/mol. The van der Waals surface area contributed by atoms with Crippen LogP contribution in [0.1, 0.15) is 50.3 Å². The maximum atomic E-state index is 12.1. The zero-order valence-electron chi connectivity index (χ0n) is 18.6. The van der Waals surface area contributed by atoms with E-state index >= 15 is 0 Å². The van der Waals surface area contributed by atoms with Crippen LogP contribution in [0.5, 0.6) is 0 Å². The second-order valence-electron chi connectivity index (χ2n) is 8.35. The molecule has 1 amide bonds. The quantitative estimate of drug-likeness (QED) is 0.459. The third-order valence-electron chi connectivity index (χ3n) is 4.74. The van der Waals surface area contributed by atoms with E-state index in [9.17, 15) is 14.7 Å². The Morgan fingerprint density at radius 1 is 1.17 bits per heavy atom. The molecule has 0 aromatic heterocycles. The number of nitrogens with zero attached hydrogens (tertiary/aromatic N) is 1. The SMILES string of the molecule is Cc1ccc(N(CCCl)CCCl)c(C)c1CC[C@@H](CC(=O)O)NC(=O)OC(C)(C)C. The van der Waals surface area contributed by atoms with Gasteiger partial charge in [0.2, 0.25) is 0 Å². The molecule has 1 aromatic rings. The molecule has 0 saturated heterocycles. The van der Waals surface area contributed by atoms with Gasteiger partial charge in [0.1, 0.15) is 5.60 Å². The number of anilines is 1. The van der Waals surface area contributed by atoms with Gasteiger partial charge in [0, 0.05) is 36.6 Å². The first-order valence-corrected chi connectivity index (χ1v) is 11.2. The summed E-state index contributed by atoms with van der Waals surface area (Å²) in [5.74, 6) is 0.0359. The van der Waals surface area contributed by atoms with E-state index in [2.05, 4.69) is 29.3 Å². The number of halogens is 2. The number of ether oxygens (including phenoxy) is 1. The van der Waals surface area contributed by atoms with Crippen LogP contribution in [0.15, 0.2) is 12.1 Å². The molecule has 8 heteroatoms. The van der Waals surface area contributed by atoms with E-state index in [1.807, 2.05) is 6.92 Å². The second kappa shape index (κ2) is 12.3. The zero-order valence-corrected chi connectivity index (χ0v) is 20.1. The fourth-order valence-electron chi connectivity index (χ4n) is 3.39. The van der Waals surface area contributed by atoms with Crippen molar-refractivity contribution in [2.75, 3.05) is 29.7 Å². The fraction of sp³-hybridized carbons (Fsp3) is 0.636. The van der Waals surface area contributed by atoms with Crippen LogP contribution in [0, 0.1) is 13.8 Å². The lowest BCUT2D eigenvalue weighted by molar-refractivity contribution is -0.137. The van der Waals surface area contributed by atoms with Gasteiger partial charge in [-0.15, -0.1) is 23.2 Å². The lowest BCUT2D eigenvalue weighted by Gasteiger charge is -2.27. The molecule has 30 heavy (non-hydrogen) atoms. The van der Waals surface area contributed by atoms with Crippen LogP contribution in [0.2, 0.25) is 0 Å². The monoisotopic (exact) mass is 460 g/mol. The molecule has 6 nitrogen and oxygen atoms in total. The summed E-state index contributed by atoms with van der Waals surface area (Å²) in [6, 6.07) is 3.60. The number of carboxylic acid groups (broad SMARTS) is 1. The molecule has 1 aromatic carbocycles. The largest absolute Gasteiger partial charge is 0.481 e. The molecule has 0 aliphatic carbocycles. The summed E-state index contributed by atoms with van der Waals surface area (Å²) in [5, 5.41) is 12.0. The molecule has 170 valence electrons. The number of hydrogen-bond donors (Lipinski definition) is 2. The smallest absolute Gasteiger partial charge is 0.407 e. The number of nitrogens with one attached hydrogen (secondary N) is 1. The number of hydrogen-bond acceptors (Lipinski definition) is 4.